The van der Waals surface area contributed by atoms with E-state index in [9.17, 15) is 9.59 Å². The number of hydrogen-bond acceptors (Lipinski definition) is 3. The van der Waals surface area contributed by atoms with E-state index in [1.807, 2.05) is 38.9 Å². The summed E-state index contributed by atoms with van der Waals surface area (Å²) in [5.41, 5.74) is 2.62. The van der Waals surface area contributed by atoms with Crippen molar-refractivity contribution in [1.29, 1.82) is 0 Å². The van der Waals surface area contributed by atoms with E-state index >= 15 is 0 Å². The highest BCUT2D eigenvalue weighted by molar-refractivity contribution is 5.80. The number of hydrogen-bond donors (Lipinski definition) is 1. The SMILES string of the molecule is C#CCC(=O)N1CCCC(C)(C(C)CNC(=O)N(C)CC/C(C=NCC)=C(\C)CC)CC1.CC. The van der Waals surface area contributed by atoms with Crippen molar-refractivity contribution in [2.75, 3.05) is 39.8 Å². The Labute approximate surface area is 209 Å². The molecule has 0 aromatic rings. The molecule has 1 heterocycles. The zero-order valence-electron chi connectivity index (χ0n) is 23.2. The lowest BCUT2D eigenvalue weighted by atomic mass is 9.72. The lowest BCUT2D eigenvalue weighted by Gasteiger charge is -2.35. The molecule has 194 valence electrons. The van der Waals surface area contributed by atoms with Crippen LogP contribution in [0.4, 0.5) is 4.79 Å². The number of terminal acetylenes is 1. The van der Waals surface area contributed by atoms with Crippen LogP contribution in [-0.2, 0) is 4.79 Å². The molecule has 1 fully saturated rings. The lowest BCUT2D eigenvalue weighted by molar-refractivity contribution is -0.130. The molecule has 1 aliphatic heterocycles. The molecule has 6 nitrogen and oxygen atoms in total. The van der Waals surface area contributed by atoms with Crippen LogP contribution in [0.15, 0.2) is 16.1 Å². The maximum absolute atomic E-state index is 12.7. The minimum atomic E-state index is -0.0409. The Kier molecular flexibility index (Phi) is 16.0. The van der Waals surface area contributed by atoms with Gasteiger partial charge in [0.25, 0.3) is 0 Å². The summed E-state index contributed by atoms with van der Waals surface area (Å²) >= 11 is 0. The molecule has 1 N–H and O–H groups in total. The molecule has 0 radical (unpaired) electrons. The number of carbonyl (C=O) groups is 2. The minimum absolute atomic E-state index is 0.0409. The van der Waals surface area contributed by atoms with Gasteiger partial charge in [0.1, 0.15) is 0 Å². The summed E-state index contributed by atoms with van der Waals surface area (Å²) in [6, 6.07) is -0.0409. The molecule has 1 saturated heterocycles. The van der Waals surface area contributed by atoms with E-state index in [0.717, 1.165) is 51.7 Å². The predicted octanol–water partition coefficient (Wildman–Crippen LogP) is 5.54. The molecule has 3 amide bonds. The van der Waals surface area contributed by atoms with Crippen LogP contribution in [0.25, 0.3) is 0 Å². The van der Waals surface area contributed by atoms with Crippen molar-refractivity contribution >= 4 is 18.2 Å². The molecule has 34 heavy (non-hydrogen) atoms. The average Bonchev–Trinajstić information content (AvgIpc) is 3.05. The summed E-state index contributed by atoms with van der Waals surface area (Å²) in [7, 11) is 1.85. The van der Waals surface area contributed by atoms with Crippen LogP contribution in [0.5, 0.6) is 0 Å². The summed E-state index contributed by atoms with van der Waals surface area (Å²) in [6.07, 6.45) is 12.2. The highest BCUT2D eigenvalue weighted by Gasteiger charge is 2.34. The Hall–Kier alpha value is -2.29. The van der Waals surface area contributed by atoms with Gasteiger partial charge in [-0.25, -0.2) is 4.79 Å². The van der Waals surface area contributed by atoms with Crippen LogP contribution in [0.2, 0.25) is 0 Å². The van der Waals surface area contributed by atoms with Crippen molar-refractivity contribution in [2.24, 2.45) is 16.3 Å². The Morgan fingerprint density at radius 2 is 1.94 bits per heavy atom. The Balaban J connectivity index is 0.00000529. The molecule has 0 aromatic heterocycles. The van der Waals surface area contributed by atoms with E-state index in [0.29, 0.717) is 19.0 Å². The topological polar surface area (TPSA) is 65.0 Å². The quantitative estimate of drug-likeness (QED) is 0.334. The van der Waals surface area contributed by atoms with Crippen LogP contribution >= 0.6 is 0 Å². The molecule has 0 aliphatic carbocycles. The van der Waals surface area contributed by atoms with Gasteiger partial charge in [0.2, 0.25) is 5.91 Å². The van der Waals surface area contributed by atoms with Gasteiger partial charge < -0.3 is 15.1 Å². The highest BCUT2D eigenvalue weighted by Crippen LogP contribution is 2.38. The third-order valence-electron chi connectivity index (χ3n) is 7.06. The number of likely N-dealkylation sites (tertiary alicyclic amines) is 1. The highest BCUT2D eigenvalue weighted by atomic mass is 16.2. The predicted molar refractivity (Wildman–Crippen MR) is 145 cm³/mol. The monoisotopic (exact) mass is 474 g/mol. The van der Waals surface area contributed by atoms with Gasteiger partial charge in [-0.2, -0.15) is 0 Å². The second-order valence-electron chi connectivity index (χ2n) is 9.31. The number of amides is 3. The van der Waals surface area contributed by atoms with Gasteiger partial charge in [0, 0.05) is 46.0 Å². The molecule has 0 spiro atoms. The van der Waals surface area contributed by atoms with Crippen molar-refractivity contribution in [2.45, 2.75) is 87.0 Å². The van der Waals surface area contributed by atoms with E-state index in [1.165, 1.54) is 11.1 Å². The van der Waals surface area contributed by atoms with Crippen LogP contribution in [-0.4, -0.2) is 67.7 Å². The number of nitrogens with one attached hydrogen (secondary N) is 1. The molecular weight excluding hydrogens is 424 g/mol. The zero-order valence-corrected chi connectivity index (χ0v) is 23.2. The van der Waals surface area contributed by atoms with Crippen LogP contribution in [0.3, 0.4) is 0 Å². The summed E-state index contributed by atoms with van der Waals surface area (Å²) in [4.78, 5) is 32.9. The van der Waals surface area contributed by atoms with Crippen molar-refractivity contribution in [3.05, 3.63) is 11.1 Å². The summed E-state index contributed by atoms with van der Waals surface area (Å²) in [6.45, 7) is 18.3. The fourth-order valence-corrected chi connectivity index (χ4v) is 4.07. The van der Waals surface area contributed by atoms with E-state index in [2.05, 4.69) is 43.9 Å². The number of nitrogens with zero attached hydrogens (tertiary/aromatic N) is 3. The molecule has 0 bridgehead atoms. The smallest absolute Gasteiger partial charge is 0.317 e. The minimum Gasteiger partial charge on any atom is -0.342 e. The van der Waals surface area contributed by atoms with E-state index in [1.54, 1.807) is 4.90 Å². The van der Waals surface area contributed by atoms with Crippen molar-refractivity contribution in [3.8, 4) is 12.3 Å². The first-order valence-electron chi connectivity index (χ1n) is 13.1. The molecule has 2 atom stereocenters. The summed E-state index contributed by atoms with van der Waals surface area (Å²) in [5, 5.41) is 3.12. The summed E-state index contributed by atoms with van der Waals surface area (Å²) < 4.78 is 0. The molecule has 0 aromatic carbocycles. The molecule has 0 saturated carbocycles. The maximum Gasteiger partial charge on any atom is 0.317 e. The van der Waals surface area contributed by atoms with E-state index in [4.69, 9.17) is 6.42 Å². The average molecular weight is 475 g/mol. The molecule has 1 rings (SSSR count). The standard InChI is InChI=1S/C26H44N4O2.C2H6/c1-8-12-24(31)30-16-11-14-26(6,15-18-30)22(5)19-28-25(32)29(7)17-13-23(20-27-10-3)21(4)9-2;1-2/h1,20,22H,9-19H2,2-7H3,(H,28,32);1-2H3/b23-21-,27-20?;. The Bertz CT molecular complexity index is 722. The Morgan fingerprint density at radius 1 is 1.26 bits per heavy atom. The van der Waals surface area contributed by atoms with Crippen LogP contribution < -0.4 is 5.32 Å². The lowest BCUT2D eigenvalue weighted by Crippen LogP contribution is -2.43. The molecule has 2 unspecified atom stereocenters. The largest absolute Gasteiger partial charge is 0.342 e. The number of urea groups is 1. The van der Waals surface area contributed by atoms with Crippen molar-refractivity contribution in [1.82, 2.24) is 15.1 Å². The van der Waals surface area contributed by atoms with Crippen LogP contribution in [0, 0.1) is 23.7 Å². The van der Waals surface area contributed by atoms with Crippen molar-refractivity contribution in [3.63, 3.8) is 0 Å². The first-order chi connectivity index (χ1) is 16.2. The van der Waals surface area contributed by atoms with Gasteiger partial charge in [-0.15, -0.1) is 6.42 Å². The fraction of sp³-hybridized carbons (Fsp3) is 0.750. The number of carbonyl (C=O) groups excluding carboxylic acids is 2. The third-order valence-corrected chi connectivity index (χ3v) is 7.06. The third kappa shape index (κ3) is 10.8. The van der Waals surface area contributed by atoms with Gasteiger partial charge in [0.15, 0.2) is 0 Å². The second kappa shape index (κ2) is 17.2. The first kappa shape index (κ1) is 31.7. The summed E-state index contributed by atoms with van der Waals surface area (Å²) in [5.74, 6) is 2.82. The number of rotatable bonds is 10. The van der Waals surface area contributed by atoms with Gasteiger partial charge >= 0.3 is 6.03 Å². The second-order valence-corrected chi connectivity index (χ2v) is 9.31. The zero-order chi connectivity index (χ0) is 26.1. The molecule has 6 heteroatoms. The Morgan fingerprint density at radius 3 is 2.53 bits per heavy atom. The van der Waals surface area contributed by atoms with E-state index < -0.39 is 0 Å². The van der Waals surface area contributed by atoms with Gasteiger partial charge in [0.05, 0.1) is 6.42 Å². The van der Waals surface area contributed by atoms with Crippen molar-refractivity contribution < 1.29 is 9.59 Å². The molecule has 1 aliphatic rings. The number of allylic oxidation sites excluding steroid dienone is 1. The first-order valence-corrected chi connectivity index (χ1v) is 13.1. The van der Waals surface area contributed by atoms with Gasteiger partial charge in [-0.1, -0.05) is 46.1 Å². The van der Waals surface area contributed by atoms with E-state index in [-0.39, 0.29) is 23.8 Å². The number of aliphatic imine (C=N–C) groups is 1. The molecular formula is C28H50N4O2. The van der Waals surface area contributed by atoms with Gasteiger partial charge in [-0.05, 0) is 62.9 Å². The van der Waals surface area contributed by atoms with Crippen LogP contribution in [0.1, 0.15) is 87.0 Å². The normalized spacial score (nSPS) is 19.8. The maximum atomic E-state index is 12.7. The fourth-order valence-electron chi connectivity index (χ4n) is 4.07. The van der Waals surface area contributed by atoms with Gasteiger partial charge in [-0.3, -0.25) is 9.79 Å².